The highest BCUT2D eigenvalue weighted by Crippen LogP contribution is 2.34. The van der Waals surface area contributed by atoms with Crippen LogP contribution in [0.2, 0.25) is 0 Å². The molecule has 6 nitrogen and oxygen atoms in total. The second-order valence-electron chi connectivity index (χ2n) is 7.37. The maximum absolute atomic E-state index is 12.8. The minimum Gasteiger partial charge on any atom is -0.337 e. The molecule has 0 spiro atoms. The Hall–Kier alpha value is -2.11. The van der Waals surface area contributed by atoms with Crippen molar-refractivity contribution in [3.63, 3.8) is 0 Å². The fraction of sp³-hybridized carbons (Fsp3) is 0.611. The van der Waals surface area contributed by atoms with Gasteiger partial charge in [0.05, 0.1) is 11.5 Å². The lowest BCUT2D eigenvalue weighted by Crippen LogP contribution is -2.50. The van der Waals surface area contributed by atoms with Crippen molar-refractivity contribution in [3.8, 4) is 0 Å². The van der Waals surface area contributed by atoms with Crippen LogP contribution < -0.4 is 5.56 Å². The van der Waals surface area contributed by atoms with E-state index >= 15 is 0 Å². The molecule has 128 valence electrons. The summed E-state index contributed by atoms with van der Waals surface area (Å²) in [5.41, 5.74) is 0.262. The number of aromatic amines is 1. The molecule has 4 aliphatic rings. The quantitative estimate of drug-likeness (QED) is 0.907. The number of aromatic nitrogens is 1. The molecule has 6 heteroatoms. The Morgan fingerprint density at radius 1 is 1.12 bits per heavy atom. The van der Waals surface area contributed by atoms with E-state index in [2.05, 4.69) is 9.88 Å². The highest BCUT2D eigenvalue weighted by Gasteiger charge is 2.42. The highest BCUT2D eigenvalue weighted by atomic mass is 16.2. The van der Waals surface area contributed by atoms with Gasteiger partial charge in [-0.1, -0.05) is 6.42 Å². The van der Waals surface area contributed by atoms with E-state index < -0.39 is 0 Å². The Labute approximate surface area is 140 Å². The first kappa shape index (κ1) is 15.4. The van der Waals surface area contributed by atoms with E-state index in [0.29, 0.717) is 24.6 Å². The van der Waals surface area contributed by atoms with Crippen molar-refractivity contribution >= 4 is 11.8 Å². The highest BCUT2D eigenvalue weighted by molar-refractivity contribution is 5.94. The Balaban J connectivity index is 1.52. The van der Waals surface area contributed by atoms with Gasteiger partial charge in [0.25, 0.3) is 5.91 Å². The molecule has 0 radical (unpaired) electrons. The molecular weight excluding hydrogens is 306 g/mol. The molecule has 1 aromatic heterocycles. The van der Waals surface area contributed by atoms with Gasteiger partial charge in [-0.15, -0.1) is 0 Å². The third-order valence-electron chi connectivity index (χ3n) is 5.79. The molecule has 3 aliphatic heterocycles. The van der Waals surface area contributed by atoms with E-state index in [1.165, 1.54) is 31.5 Å². The van der Waals surface area contributed by atoms with Gasteiger partial charge >= 0.3 is 0 Å². The first-order valence-corrected chi connectivity index (χ1v) is 8.90. The van der Waals surface area contributed by atoms with Gasteiger partial charge in [0.2, 0.25) is 11.5 Å². The van der Waals surface area contributed by atoms with Crippen molar-refractivity contribution in [3.05, 3.63) is 34.2 Å². The van der Waals surface area contributed by atoms with Crippen LogP contribution in [0.1, 0.15) is 42.5 Å². The molecule has 1 N–H and O–H groups in total. The molecule has 1 aromatic rings. The Morgan fingerprint density at radius 2 is 1.96 bits per heavy atom. The second kappa shape index (κ2) is 6.07. The maximum Gasteiger partial charge on any atom is 0.255 e. The van der Waals surface area contributed by atoms with Crippen LogP contribution in [-0.4, -0.2) is 52.3 Å². The Morgan fingerprint density at radius 3 is 2.62 bits per heavy atom. The molecule has 4 fully saturated rings. The van der Waals surface area contributed by atoms with Crippen LogP contribution in [0.5, 0.6) is 0 Å². The number of hydrogen-bond acceptors (Lipinski definition) is 3. The zero-order valence-corrected chi connectivity index (χ0v) is 13.7. The number of rotatable bonds is 3. The molecule has 4 heterocycles. The second-order valence-corrected chi connectivity index (χ2v) is 7.37. The molecule has 0 aromatic carbocycles. The fourth-order valence-electron chi connectivity index (χ4n) is 4.13. The number of amides is 2. The number of carbonyl (C=O) groups is 2. The maximum atomic E-state index is 12.8. The summed E-state index contributed by atoms with van der Waals surface area (Å²) in [6, 6.07) is 3.07. The molecule has 5 rings (SSSR count). The summed E-state index contributed by atoms with van der Waals surface area (Å²) in [6.45, 7) is 1.96. The van der Waals surface area contributed by atoms with E-state index in [-0.39, 0.29) is 29.3 Å². The van der Waals surface area contributed by atoms with Crippen molar-refractivity contribution < 1.29 is 9.59 Å². The van der Waals surface area contributed by atoms with Crippen molar-refractivity contribution in [2.75, 3.05) is 19.6 Å². The summed E-state index contributed by atoms with van der Waals surface area (Å²) >= 11 is 0. The lowest BCUT2D eigenvalue weighted by atomic mass is 9.83. The van der Waals surface area contributed by atoms with Gasteiger partial charge in [0.1, 0.15) is 0 Å². The number of hydrogen-bond donors (Lipinski definition) is 1. The summed E-state index contributed by atoms with van der Waals surface area (Å²) in [5.74, 6) is 0.712. The Kier molecular flexibility index (Phi) is 3.90. The molecule has 2 atom stereocenters. The van der Waals surface area contributed by atoms with Gasteiger partial charge in [-0.05, 0) is 37.7 Å². The van der Waals surface area contributed by atoms with Gasteiger partial charge in [-0.3, -0.25) is 14.4 Å². The number of fused-ring (bicyclic) bond motifs is 4. The summed E-state index contributed by atoms with van der Waals surface area (Å²) in [4.78, 5) is 43.1. The molecular formula is C18H23N3O3. The van der Waals surface area contributed by atoms with E-state index in [1.54, 1.807) is 11.0 Å². The normalized spacial score (nSPS) is 27.1. The first-order valence-electron chi connectivity index (χ1n) is 8.90. The Bertz CT molecular complexity index is 689. The third-order valence-corrected chi connectivity index (χ3v) is 5.79. The molecule has 24 heavy (non-hydrogen) atoms. The predicted octanol–water partition coefficient (Wildman–Crippen LogP) is 1.24. The van der Waals surface area contributed by atoms with Crippen LogP contribution >= 0.6 is 0 Å². The van der Waals surface area contributed by atoms with Crippen LogP contribution in [-0.2, 0) is 4.79 Å². The average molecular weight is 329 g/mol. The van der Waals surface area contributed by atoms with Crippen molar-refractivity contribution in [2.24, 2.45) is 11.8 Å². The standard InChI is InChI=1S/C18H23N3O3/c22-16-7-5-13(8-19-16)17(23)20-10-14-4-6-15(11-20)21(18(14)24)9-12-2-1-3-12/h5,7-8,12,14-15H,1-4,6,9-11H2,(H,19,22)/t14-,15+/m0/s1. The predicted molar refractivity (Wildman–Crippen MR) is 88.5 cm³/mol. The van der Waals surface area contributed by atoms with E-state index in [4.69, 9.17) is 0 Å². The van der Waals surface area contributed by atoms with Crippen LogP contribution in [0.15, 0.2) is 23.1 Å². The van der Waals surface area contributed by atoms with Crippen LogP contribution in [0.4, 0.5) is 0 Å². The number of pyridine rings is 1. The molecule has 1 saturated carbocycles. The minimum absolute atomic E-state index is 0.0736. The number of nitrogens with zero attached hydrogens (tertiary/aromatic N) is 2. The zero-order valence-electron chi connectivity index (χ0n) is 13.7. The monoisotopic (exact) mass is 329 g/mol. The average Bonchev–Trinajstić information content (AvgIpc) is 2.83. The number of nitrogens with one attached hydrogen (secondary N) is 1. The molecule has 3 saturated heterocycles. The SMILES string of the molecule is O=C(c1ccc(=O)[nH]c1)N1C[C@@H]2CC[C@H](C1)N(CC1CCC1)C2=O. The lowest BCUT2D eigenvalue weighted by molar-refractivity contribution is -0.141. The number of carbonyl (C=O) groups excluding carboxylic acids is 2. The summed E-state index contributed by atoms with van der Waals surface area (Å²) in [5, 5.41) is 0. The van der Waals surface area contributed by atoms with Crippen LogP contribution in [0.3, 0.4) is 0 Å². The zero-order chi connectivity index (χ0) is 16.7. The summed E-state index contributed by atoms with van der Waals surface area (Å²) in [6.07, 6.45) is 7.05. The lowest BCUT2D eigenvalue weighted by Gasteiger charge is -2.40. The molecule has 1 aliphatic carbocycles. The van der Waals surface area contributed by atoms with Gasteiger partial charge in [-0.2, -0.15) is 0 Å². The molecule has 0 unspecified atom stereocenters. The van der Waals surface area contributed by atoms with Gasteiger partial charge in [0.15, 0.2) is 0 Å². The van der Waals surface area contributed by atoms with E-state index in [9.17, 15) is 14.4 Å². The van der Waals surface area contributed by atoms with Gasteiger partial charge < -0.3 is 14.8 Å². The smallest absolute Gasteiger partial charge is 0.255 e. The number of H-pyrrole nitrogens is 1. The van der Waals surface area contributed by atoms with E-state index in [0.717, 1.165) is 19.4 Å². The van der Waals surface area contributed by atoms with Gasteiger partial charge in [0, 0.05) is 37.9 Å². The molecule has 2 bridgehead atoms. The first-order chi connectivity index (χ1) is 11.6. The van der Waals surface area contributed by atoms with Crippen molar-refractivity contribution in [2.45, 2.75) is 38.1 Å². The van der Waals surface area contributed by atoms with Crippen molar-refractivity contribution in [1.29, 1.82) is 0 Å². The third kappa shape index (κ3) is 2.74. The summed E-state index contributed by atoms with van der Waals surface area (Å²) < 4.78 is 0. The topological polar surface area (TPSA) is 73.5 Å². The van der Waals surface area contributed by atoms with E-state index in [1.807, 2.05) is 0 Å². The largest absolute Gasteiger partial charge is 0.337 e. The molecule has 2 amide bonds. The van der Waals surface area contributed by atoms with Crippen LogP contribution in [0.25, 0.3) is 0 Å². The van der Waals surface area contributed by atoms with Crippen molar-refractivity contribution in [1.82, 2.24) is 14.8 Å². The minimum atomic E-state index is -0.218. The van der Waals surface area contributed by atoms with Crippen LogP contribution in [0, 0.1) is 11.8 Å². The van der Waals surface area contributed by atoms with Gasteiger partial charge in [-0.25, -0.2) is 0 Å². The summed E-state index contributed by atoms with van der Waals surface area (Å²) in [7, 11) is 0. The fourth-order valence-corrected chi connectivity index (χ4v) is 4.13. The number of piperidine rings is 1.